The zero-order valence-corrected chi connectivity index (χ0v) is 10.7. The number of methoxy groups -OCH3 is 1. The Hall–Kier alpha value is -1.03. The maximum absolute atomic E-state index is 5.68. The first-order valence-corrected chi connectivity index (χ1v) is 5.88. The van der Waals surface area contributed by atoms with Crippen molar-refractivity contribution in [3.63, 3.8) is 0 Å². The number of aromatic nitrogens is 2. The van der Waals surface area contributed by atoms with Crippen LogP contribution in [0.3, 0.4) is 0 Å². The first kappa shape index (κ1) is 13.0. The van der Waals surface area contributed by atoms with Crippen molar-refractivity contribution < 1.29 is 4.74 Å². The molecule has 1 aromatic rings. The van der Waals surface area contributed by atoms with Gasteiger partial charge < -0.3 is 10.1 Å². The molecule has 5 heteroatoms. The van der Waals surface area contributed by atoms with Crippen molar-refractivity contribution in [2.45, 2.75) is 20.3 Å². The maximum Gasteiger partial charge on any atom is 0.221 e. The summed E-state index contributed by atoms with van der Waals surface area (Å²) in [6.07, 6.45) is 2.50. The molecule has 0 saturated heterocycles. The molecule has 0 radical (unpaired) electrons. The van der Waals surface area contributed by atoms with Crippen LogP contribution in [0.25, 0.3) is 0 Å². The highest BCUT2D eigenvalue weighted by atomic mass is 35.5. The van der Waals surface area contributed by atoms with Crippen molar-refractivity contribution in [1.29, 1.82) is 0 Å². The number of hydrogen-bond acceptors (Lipinski definition) is 4. The van der Waals surface area contributed by atoms with Crippen LogP contribution in [0.5, 0.6) is 5.88 Å². The molecule has 4 nitrogen and oxygen atoms in total. The van der Waals surface area contributed by atoms with Crippen LogP contribution in [0, 0.1) is 12.8 Å². The third kappa shape index (κ3) is 3.52. The summed E-state index contributed by atoms with van der Waals surface area (Å²) in [5.41, 5.74) is 0.933. The molecule has 0 saturated carbocycles. The third-order valence-corrected chi connectivity index (χ3v) is 2.67. The van der Waals surface area contributed by atoms with Gasteiger partial charge in [0.25, 0.3) is 0 Å². The van der Waals surface area contributed by atoms with E-state index in [0.717, 1.165) is 24.3 Å². The Balaban J connectivity index is 2.60. The standard InChI is InChI=1S/C11H18ClN3O/c1-8(4-5-12)6-13-10-9(2)11(16-3)15-7-14-10/h7-8H,4-6H2,1-3H3,(H,13,14,15). The Morgan fingerprint density at radius 1 is 1.50 bits per heavy atom. The minimum absolute atomic E-state index is 0.526. The number of nitrogens with zero attached hydrogens (tertiary/aromatic N) is 2. The summed E-state index contributed by atoms with van der Waals surface area (Å²) in [7, 11) is 1.61. The highest BCUT2D eigenvalue weighted by Crippen LogP contribution is 2.20. The summed E-state index contributed by atoms with van der Waals surface area (Å²) in [6.45, 7) is 4.95. The zero-order chi connectivity index (χ0) is 12.0. The van der Waals surface area contributed by atoms with Gasteiger partial charge in [-0.25, -0.2) is 9.97 Å². The van der Waals surface area contributed by atoms with Crippen LogP contribution in [-0.4, -0.2) is 29.5 Å². The predicted octanol–water partition coefficient (Wildman–Crippen LogP) is 2.47. The molecule has 0 aromatic carbocycles. The van der Waals surface area contributed by atoms with Crippen LogP contribution in [-0.2, 0) is 0 Å². The van der Waals surface area contributed by atoms with Gasteiger partial charge >= 0.3 is 0 Å². The predicted molar refractivity (Wildman–Crippen MR) is 66.3 cm³/mol. The van der Waals surface area contributed by atoms with E-state index in [0.29, 0.717) is 17.7 Å². The number of nitrogens with one attached hydrogen (secondary N) is 1. The zero-order valence-electron chi connectivity index (χ0n) is 9.96. The van der Waals surface area contributed by atoms with E-state index in [-0.39, 0.29) is 0 Å². The molecular formula is C11H18ClN3O. The minimum Gasteiger partial charge on any atom is -0.481 e. The molecule has 1 heterocycles. The second-order valence-corrected chi connectivity index (χ2v) is 4.20. The lowest BCUT2D eigenvalue weighted by atomic mass is 10.1. The molecule has 1 N–H and O–H groups in total. The molecule has 16 heavy (non-hydrogen) atoms. The van der Waals surface area contributed by atoms with Crippen molar-refractivity contribution in [3.05, 3.63) is 11.9 Å². The van der Waals surface area contributed by atoms with Gasteiger partial charge in [0, 0.05) is 12.4 Å². The van der Waals surface area contributed by atoms with Crippen molar-refractivity contribution >= 4 is 17.4 Å². The molecule has 0 spiro atoms. The molecule has 1 unspecified atom stereocenters. The lowest BCUT2D eigenvalue weighted by Gasteiger charge is -2.13. The lowest BCUT2D eigenvalue weighted by molar-refractivity contribution is 0.393. The van der Waals surface area contributed by atoms with E-state index < -0.39 is 0 Å². The van der Waals surface area contributed by atoms with E-state index in [1.807, 2.05) is 6.92 Å². The number of anilines is 1. The molecular weight excluding hydrogens is 226 g/mol. The Morgan fingerprint density at radius 3 is 2.88 bits per heavy atom. The smallest absolute Gasteiger partial charge is 0.221 e. The summed E-state index contributed by atoms with van der Waals surface area (Å²) in [5.74, 6) is 2.66. The Morgan fingerprint density at radius 2 is 2.25 bits per heavy atom. The molecule has 0 fully saturated rings. The Kier molecular flexibility index (Phi) is 5.32. The number of rotatable bonds is 6. The van der Waals surface area contributed by atoms with Gasteiger partial charge in [-0.3, -0.25) is 0 Å². The maximum atomic E-state index is 5.68. The van der Waals surface area contributed by atoms with Gasteiger partial charge in [0.15, 0.2) is 0 Å². The van der Waals surface area contributed by atoms with Crippen molar-refractivity contribution in [2.75, 3.05) is 24.9 Å². The van der Waals surface area contributed by atoms with Crippen LogP contribution in [0.4, 0.5) is 5.82 Å². The van der Waals surface area contributed by atoms with Gasteiger partial charge in [0.1, 0.15) is 12.1 Å². The molecule has 1 atom stereocenters. The van der Waals surface area contributed by atoms with Crippen molar-refractivity contribution in [1.82, 2.24) is 9.97 Å². The number of alkyl halides is 1. The normalized spacial score (nSPS) is 12.2. The second kappa shape index (κ2) is 6.53. The van der Waals surface area contributed by atoms with E-state index in [4.69, 9.17) is 16.3 Å². The Bertz CT molecular complexity index is 333. The van der Waals surface area contributed by atoms with Crippen LogP contribution in [0.1, 0.15) is 18.9 Å². The van der Waals surface area contributed by atoms with Gasteiger partial charge in [-0.1, -0.05) is 6.92 Å². The fraction of sp³-hybridized carbons (Fsp3) is 0.636. The van der Waals surface area contributed by atoms with E-state index in [1.165, 1.54) is 6.33 Å². The average molecular weight is 244 g/mol. The van der Waals surface area contributed by atoms with Gasteiger partial charge in [-0.15, -0.1) is 11.6 Å². The molecule has 1 aromatic heterocycles. The van der Waals surface area contributed by atoms with Gasteiger partial charge in [-0.05, 0) is 19.3 Å². The quantitative estimate of drug-likeness (QED) is 0.780. The van der Waals surface area contributed by atoms with Gasteiger partial charge in [0.2, 0.25) is 5.88 Å². The summed E-state index contributed by atoms with van der Waals surface area (Å²) < 4.78 is 5.13. The number of halogens is 1. The highest BCUT2D eigenvalue weighted by Gasteiger charge is 2.08. The van der Waals surface area contributed by atoms with E-state index in [1.54, 1.807) is 7.11 Å². The van der Waals surface area contributed by atoms with Crippen LogP contribution in [0.15, 0.2) is 6.33 Å². The SMILES string of the molecule is COc1ncnc(NCC(C)CCCl)c1C. The van der Waals surface area contributed by atoms with E-state index >= 15 is 0 Å². The summed E-state index contributed by atoms with van der Waals surface area (Å²) in [5, 5.41) is 3.28. The van der Waals surface area contributed by atoms with Crippen LogP contribution in [0.2, 0.25) is 0 Å². The summed E-state index contributed by atoms with van der Waals surface area (Å²) in [4.78, 5) is 8.21. The topological polar surface area (TPSA) is 47.0 Å². The lowest BCUT2D eigenvalue weighted by Crippen LogP contribution is -2.14. The van der Waals surface area contributed by atoms with Crippen LogP contribution < -0.4 is 10.1 Å². The van der Waals surface area contributed by atoms with Crippen molar-refractivity contribution in [2.24, 2.45) is 5.92 Å². The monoisotopic (exact) mass is 243 g/mol. The highest BCUT2D eigenvalue weighted by molar-refractivity contribution is 6.17. The third-order valence-electron chi connectivity index (χ3n) is 2.45. The molecule has 0 aliphatic heterocycles. The van der Waals surface area contributed by atoms with Gasteiger partial charge in [-0.2, -0.15) is 0 Å². The second-order valence-electron chi connectivity index (χ2n) is 3.82. The molecule has 0 aliphatic carbocycles. The molecule has 1 rings (SSSR count). The summed E-state index contributed by atoms with van der Waals surface area (Å²) >= 11 is 5.68. The first-order chi connectivity index (χ1) is 7.69. The van der Waals surface area contributed by atoms with Gasteiger partial charge in [0.05, 0.1) is 12.7 Å². The molecule has 0 bridgehead atoms. The minimum atomic E-state index is 0.526. The molecule has 90 valence electrons. The largest absolute Gasteiger partial charge is 0.481 e. The van der Waals surface area contributed by atoms with Crippen LogP contribution >= 0.6 is 11.6 Å². The Labute approximate surface area is 101 Å². The summed E-state index contributed by atoms with van der Waals surface area (Å²) in [6, 6.07) is 0. The first-order valence-electron chi connectivity index (χ1n) is 5.34. The van der Waals surface area contributed by atoms with E-state index in [2.05, 4.69) is 22.2 Å². The molecule has 0 amide bonds. The van der Waals surface area contributed by atoms with E-state index in [9.17, 15) is 0 Å². The number of hydrogen-bond donors (Lipinski definition) is 1. The fourth-order valence-corrected chi connectivity index (χ4v) is 1.75. The van der Waals surface area contributed by atoms with Crippen molar-refractivity contribution in [3.8, 4) is 5.88 Å². The average Bonchev–Trinajstić information content (AvgIpc) is 2.28. The number of ether oxygens (including phenoxy) is 1. The molecule has 0 aliphatic rings. The fourth-order valence-electron chi connectivity index (χ4n) is 1.38.